The summed E-state index contributed by atoms with van der Waals surface area (Å²) in [6.07, 6.45) is 9.67. The van der Waals surface area contributed by atoms with Crippen molar-refractivity contribution in [1.82, 2.24) is 0 Å². The van der Waals surface area contributed by atoms with Crippen LogP contribution in [-0.2, 0) is 0 Å². The van der Waals surface area contributed by atoms with E-state index in [0.29, 0.717) is 0 Å². The quantitative estimate of drug-likeness (QED) is 0.479. The smallest absolute Gasteiger partial charge is 0.0789 e. The Morgan fingerprint density at radius 2 is 1.05 bits per heavy atom. The van der Waals surface area contributed by atoms with Crippen LogP contribution in [-0.4, -0.2) is 30.7 Å². The first kappa shape index (κ1) is 21.2. The summed E-state index contributed by atoms with van der Waals surface area (Å²) in [6.45, 7) is 17.4. The lowest BCUT2D eigenvalue weighted by Crippen LogP contribution is -3.00. The van der Waals surface area contributed by atoms with Crippen molar-refractivity contribution in [1.29, 1.82) is 0 Å². The molecule has 0 atom stereocenters. The third-order valence-corrected chi connectivity index (χ3v) is 4.14. The highest BCUT2D eigenvalue weighted by Crippen LogP contribution is 2.17. The minimum atomic E-state index is 0. The van der Waals surface area contributed by atoms with Gasteiger partial charge in [-0.25, -0.2) is 0 Å². The maximum atomic E-state index is 2.37. The standard InChI is InChI=1S/C17H38N.FH/c1-6-9-13-18(14-10-7-2,15-11-8-3)16-12-17(4)5;/h17H,6-16H2,1-5H3;1H/q+1;/p-1. The lowest BCUT2D eigenvalue weighted by atomic mass is 10.1. The molecule has 0 unspecified atom stereocenters. The zero-order chi connectivity index (χ0) is 13.9. The van der Waals surface area contributed by atoms with Crippen molar-refractivity contribution in [2.75, 3.05) is 26.2 Å². The molecule has 0 aliphatic rings. The minimum absolute atomic E-state index is 0. The summed E-state index contributed by atoms with van der Waals surface area (Å²) < 4.78 is 1.41. The number of hydrogen-bond acceptors (Lipinski definition) is 0. The maximum absolute atomic E-state index is 2.37. The first-order valence-electron chi connectivity index (χ1n) is 8.45. The Labute approximate surface area is 121 Å². The van der Waals surface area contributed by atoms with Gasteiger partial charge in [-0.15, -0.1) is 0 Å². The molecule has 118 valence electrons. The van der Waals surface area contributed by atoms with Crippen molar-refractivity contribution < 1.29 is 9.19 Å². The van der Waals surface area contributed by atoms with Crippen molar-refractivity contribution >= 4 is 0 Å². The summed E-state index contributed by atoms with van der Waals surface area (Å²) in [7, 11) is 0. The summed E-state index contributed by atoms with van der Waals surface area (Å²) in [5, 5.41) is 0. The fraction of sp³-hybridized carbons (Fsp3) is 1.00. The summed E-state index contributed by atoms with van der Waals surface area (Å²) in [5.74, 6) is 0.854. The van der Waals surface area contributed by atoms with E-state index in [1.165, 1.54) is 75.6 Å². The van der Waals surface area contributed by atoms with Gasteiger partial charge in [-0.3, -0.25) is 0 Å². The van der Waals surface area contributed by atoms with Gasteiger partial charge in [0, 0.05) is 0 Å². The first-order chi connectivity index (χ1) is 8.60. The number of quaternary nitrogens is 1. The second-order valence-corrected chi connectivity index (χ2v) is 6.48. The Kier molecular flexibility index (Phi) is 14.4. The van der Waals surface area contributed by atoms with E-state index in [1.807, 2.05) is 0 Å². The van der Waals surface area contributed by atoms with Crippen LogP contribution >= 0.6 is 0 Å². The fourth-order valence-corrected chi connectivity index (χ4v) is 2.68. The van der Waals surface area contributed by atoms with Crippen molar-refractivity contribution in [3.8, 4) is 0 Å². The van der Waals surface area contributed by atoms with Gasteiger partial charge in [0.2, 0.25) is 0 Å². The average molecular weight is 275 g/mol. The van der Waals surface area contributed by atoms with E-state index < -0.39 is 0 Å². The van der Waals surface area contributed by atoms with Gasteiger partial charge in [0.1, 0.15) is 0 Å². The van der Waals surface area contributed by atoms with Crippen LogP contribution in [0.2, 0.25) is 0 Å². The predicted molar refractivity (Wildman–Crippen MR) is 83.9 cm³/mol. The molecule has 0 heterocycles. The Morgan fingerprint density at radius 1 is 0.684 bits per heavy atom. The Morgan fingerprint density at radius 3 is 1.32 bits per heavy atom. The molecular weight excluding hydrogens is 237 g/mol. The van der Waals surface area contributed by atoms with Crippen LogP contribution in [0.15, 0.2) is 0 Å². The van der Waals surface area contributed by atoms with Gasteiger partial charge in [-0.1, -0.05) is 53.9 Å². The van der Waals surface area contributed by atoms with E-state index in [2.05, 4.69) is 34.6 Å². The monoisotopic (exact) mass is 275 g/mol. The van der Waals surface area contributed by atoms with E-state index >= 15 is 0 Å². The molecule has 0 saturated heterocycles. The SMILES string of the molecule is CCCC[N+](CCCC)(CCCC)CCC(C)C.[F-]. The number of nitrogens with zero attached hydrogens (tertiary/aromatic N) is 1. The van der Waals surface area contributed by atoms with Gasteiger partial charge in [0.25, 0.3) is 0 Å². The lowest BCUT2D eigenvalue weighted by Gasteiger charge is -2.40. The van der Waals surface area contributed by atoms with Crippen molar-refractivity contribution in [3.63, 3.8) is 0 Å². The highest BCUT2D eigenvalue weighted by Gasteiger charge is 2.25. The normalized spacial score (nSPS) is 11.7. The number of hydrogen-bond donors (Lipinski definition) is 0. The van der Waals surface area contributed by atoms with Crippen molar-refractivity contribution in [3.05, 3.63) is 0 Å². The highest BCUT2D eigenvalue weighted by atomic mass is 19.0. The number of rotatable bonds is 12. The van der Waals surface area contributed by atoms with Crippen LogP contribution in [0.4, 0.5) is 0 Å². The summed E-state index contributed by atoms with van der Waals surface area (Å²) >= 11 is 0. The van der Waals surface area contributed by atoms with Crippen molar-refractivity contribution in [2.24, 2.45) is 5.92 Å². The van der Waals surface area contributed by atoms with Gasteiger partial charge >= 0.3 is 0 Å². The first-order valence-corrected chi connectivity index (χ1v) is 8.45. The second-order valence-electron chi connectivity index (χ2n) is 6.48. The predicted octanol–water partition coefficient (Wildman–Crippen LogP) is 2.25. The molecule has 2 heteroatoms. The minimum Gasteiger partial charge on any atom is -1.00 e. The molecule has 0 radical (unpaired) electrons. The van der Waals surface area contributed by atoms with E-state index in [0.717, 1.165) is 5.92 Å². The summed E-state index contributed by atoms with van der Waals surface area (Å²) in [6, 6.07) is 0. The van der Waals surface area contributed by atoms with E-state index in [1.54, 1.807) is 0 Å². The van der Waals surface area contributed by atoms with Crippen LogP contribution in [0.1, 0.15) is 79.6 Å². The van der Waals surface area contributed by atoms with Gasteiger partial charge in [-0.05, 0) is 31.6 Å². The molecule has 1 nitrogen and oxygen atoms in total. The van der Waals surface area contributed by atoms with Crippen LogP contribution in [0.25, 0.3) is 0 Å². The average Bonchev–Trinajstić information content (AvgIpc) is 2.37. The Balaban J connectivity index is 0. The van der Waals surface area contributed by atoms with Gasteiger partial charge in [0.05, 0.1) is 26.2 Å². The summed E-state index contributed by atoms with van der Waals surface area (Å²) in [4.78, 5) is 0. The molecule has 0 aliphatic heterocycles. The third kappa shape index (κ3) is 10.4. The molecule has 19 heavy (non-hydrogen) atoms. The number of halogens is 1. The molecule has 0 aromatic rings. The zero-order valence-corrected chi connectivity index (χ0v) is 14.2. The van der Waals surface area contributed by atoms with Crippen molar-refractivity contribution in [2.45, 2.75) is 79.6 Å². The molecule has 0 aliphatic carbocycles. The molecule has 0 saturated carbocycles. The van der Waals surface area contributed by atoms with Crippen LogP contribution in [0.3, 0.4) is 0 Å². The zero-order valence-electron chi connectivity index (χ0n) is 14.2. The topological polar surface area (TPSA) is 0 Å². The molecule has 0 rings (SSSR count). The van der Waals surface area contributed by atoms with E-state index in [9.17, 15) is 0 Å². The molecule has 0 spiro atoms. The molecule has 0 bridgehead atoms. The molecule has 0 amide bonds. The van der Waals surface area contributed by atoms with Gasteiger partial charge < -0.3 is 9.19 Å². The lowest BCUT2D eigenvalue weighted by molar-refractivity contribution is -0.929. The molecule has 0 fully saturated rings. The van der Waals surface area contributed by atoms with Crippen LogP contribution < -0.4 is 4.70 Å². The molecule has 0 N–H and O–H groups in total. The third-order valence-electron chi connectivity index (χ3n) is 4.14. The molecule has 0 aromatic heterocycles. The molecule has 0 aromatic carbocycles. The van der Waals surface area contributed by atoms with Gasteiger partial charge in [0.15, 0.2) is 0 Å². The van der Waals surface area contributed by atoms with E-state index in [4.69, 9.17) is 0 Å². The Bertz CT molecular complexity index is 158. The Hall–Kier alpha value is -0.110. The van der Waals surface area contributed by atoms with E-state index in [-0.39, 0.29) is 4.70 Å². The van der Waals surface area contributed by atoms with Crippen LogP contribution in [0.5, 0.6) is 0 Å². The maximum Gasteiger partial charge on any atom is 0.0789 e. The van der Waals surface area contributed by atoms with Gasteiger partial charge in [-0.2, -0.15) is 0 Å². The fourth-order valence-electron chi connectivity index (χ4n) is 2.68. The second kappa shape index (κ2) is 12.9. The summed E-state index contributed by atoms with van der Waals surface area (Å²) in [5.41, 5.74) is 0. The highest BCUT2D eigenvalue weighted by molar-refractivity contribution is 4.51. The molecular formula is C17H38FN. The van der Waals surface area contributed by atoms with Crippen LogP contribution in [0, 0.1) is 5.92 Å². The number of unbranched alkanes of at least 4 members (excludes halogenated alkanes) is 3. The largest absolute Gasteiger partial charge is 1.00 e.